The number of hydrogen-bond acceptors (Lipinski definition) is 4. The lowest BCUT2D eigenvalue weighted by molar-refractivity contribution is -0.135. The van der Waals surface area contributed by atoms with Crippen molar-refractivity contribution in [1.82, 2.24) is 9.88 Å². The molecule has 1 aliphatic rings. The maximum Gasteiger partial charge on any atom is 0.223 e. The van der Waals surface area contributed by atoms with Crippen LogP contribution in [0.15, 0.2) is 48.5 Å². The number of piperidine rings is 1. The molecule has 6 heteroatoms. The van der Waals surface area contributed by atoms with Crippen LogP contribution in [0.2, 0.25) is 0 Å². The fourth-order valence-corrected chi connectivity index (χ4v) is 4.72. The molecule has 1 aromatic heterocycles. The Bertz CT molecular complexity index is 908. The highest BCUT2D eigenvalue weighted by Crippen LogP contribution is 2.36. The lowest BCUT2D eigenvalue weighted by Gasteiger charge is -2.34. The Balaban J connectivity index is 1.35. The topological polar surface area (TPSA) is 42.4 Å². The van der Waals surface area contributed by atoms with E-state index in [1.165, 1.54) is 16.8 Å². The van der Waals surface area contributed by atoms with Crippen LogP contribution in [-0.4, -0.2) is 28.9 Å². The van der Waals surface area contributed by atoms with Gasteiger partial charge in [0.2, 0.25) is 5.91 Å². The van der Waals surface area contributed by atoms with Crippen molar-refractivity contribution in [1.29, 1.82) is 0 Å². The van der Waals surface area contributed by atoms with Crippen LogP contribution in [0, 0.1) is 5.82 Å². The van der Waals surface area contributed by atoms with E-state index >= 15 is 0 Å². The first-order valence-electron chi connectivity index (χ1n) is 9.74. The Morgan fingerprint density at radius 2 is 2.00 bits per heavy atom. The number of carbonyl (C=O) groups is 1. The van der Waals surface area contributed by atoms with Gasteiger partial charge in [0.1, 0.15) is 16.6 Å². The summed E-state index contributed by atoms with van der Waals surface area (Å²) in [5.41, 5.74) is 1.01. The number of thiazole rings is 1. The number of likely N-dealkylation sites (tertiary alicyclic amines) is 1. The third kappa shape index (κ3) is 4.33. The Labute approximate surface area is 168 Å². The van der Waals surface area contributed by atoms with Crippen LogP contribution in [0.5, 0.6) is 5.75 Å². The van der Waals surface area contributed by atoms with Crippen molar-refractivity contribution in [2.45, 2.75) is 38.1 Å². The Kier molecular flexibility index (Phi) is 5.86. The molecular weight excluding hydrogens is 375 g/mol. The predicted molar refractivity (Wildman–Crippen MR) is 109 cm³/mol. The van der Waals surface area contributed by atoms with Crippen molar-refractivity contribution < 1.29 is 13.9 Å². The van der Waals surface area contributed by atoms with Crippen LogP contribution in [0.25, 0.3) is 10.2 Å². The van der Waals surface area contributed by atoms with Gasteiger partial charge in [0.25, 0.3) is 0 Å². The number of fused-ring (bicyclic) bond motifs is 1. The minimum Gasteiger partial charge on any atom is -0.494 e. The molecular formula is C22H23FN2O2S. The van der Waals surface area contributed by atoms with E-state index in [-0.39, 0.29) is 17.8 Å². The fourth-order valence-electron chi connectivity index (χ4n) is 3.61. The summed E-state index contributed by atoms with van der Waals surface area (Å²) >= 11 is 1.69. The van der Waals surface area contributed by atoms with Crippen LogP contribution in [0.1, 0.15) is 43.2 Å². The molecule has 0 bridgehead atoms. The highest BCUT2D eigenvalue weighted by atomic mass is 32.1. The third-order valence-electron chi connectivity index (χ3n) is 5.04. The van der Waals surface area contributed by atoms with Gasteiger partial charge in [0.05, 0.1) is 22.9 Å². The maximum atomic E-state index is 12.9. The van der Waals surface area contributed by atoms with E-state index in [2.05, 4.69) is 6.07 Å². The van der Waals surface area contributed by atoms with Gasteiger partial charge in [-0.25, -0.2) is 9.37 Å². The SMILES string of the molecule is O=C(CCCOc1ccc(F)cc1)N1CCCC[C@@H]1c1nc2ccccc2s1. The quantitative estimate of drug-likeness (QED) is 0.526. The first-order chi connectivity index (χ1) is 13.7. The number of ether oxygens (including phenoxy) is 1. The van der Waals surface area contributed by atoms with Crippen molar-refractivity contribution in [3.63, 3.8) is 0 Å². The lowest BCUT2D eigenvalue weighted by atomic mass is 10.0. The number of aromatic nitrogens is 1. The summed E-state index contributed by atoms with van der Waals surface area (Å²) in [6, 6.07) is 14.2. The first-order valence-corrected chi connectivity index (χ1v) is 10.6. The molecule has 1 saturated heterocycles. The summed E-state index contributed by atoms with van der Waals surface area (Å²) in [4.78, 5) is 19.6. The van der Waals surface area contributed by atoms with Gasteiger partial charge in [-0.15, -0.1) is 11.3 Å². The van der Waals surface area contributed by atoms with Crippen LogP contribution < -0.4 is 4.74 Å². The van der Waals surface area contributed by atoms with E-state index < -0.39 is 0 Å². The molecule has 2 heterocycles. The predicted octanol–water partition coefficient (Wildman–Crippen LogP) is 5.35. The minimum absolute atomic E-state index is 0.0802. The van der Waals surface area contributed by atoms with Crippen LogP contribution >= 0.6 is 11.3 Å². The largest absolute Gasteiger partial charge is 0.494 e. The van der Waals surface area contributed by atoms with E-state index in [1.54, 1.807) is 23.5 Å². The van der Waals surface area contributed by atoms with E-state index in [9.17, 15) is 9.18 Å². The monoisotopic (exact) mass is 398 g/mol. The number of nitrogens with zero attached hydrogens (tertiary/aromatic N) is 2. The average molecular weight is 399 g/mol. The highest BCUT2D eigenvalue weighted by molar-refractivity contribution is 7.18. The van der Waals surface area contributed by atoms with Gasteiger partial charge in [-0.2, -0.15) is 0 Å². The van der Waals surface area contributed by atoms with Crippen molar-refractivity contribution in [3.8, 4) is 5.75 Å². The van der Waals surface area contributed by atoms with Crippen molar-refractivity contribution in [2.75, 3.05) is 13.2 Å². The number of hydrogen-bond donors (Lipinski definition) is 0. The van der Waals surface area contributed by atoms with Crippen molar-refractivity contribution in [2.24, 2.45) is 0 Å². The van der Waals surface area contributed by atoms with Gasteiger partial charge in [-0.05, 0) is 62.1 Å². The molecule has 1 fully saturated rings. The van der Waals surface area contributed by atoms with Gasteiger partial charge in [-0.1, -0.05) is 12.1 Å². The molecule has 146 valence electrons. The summed E-state index contributed by atoms with van der Waals surface area (Å²) in [5, 5.41) is 1.04. The van der Waals surface area contributed by atoms with Gasteiger partial charge >= 0.3 is 0 Å². The van der Waals surface area contributed by atoms with Gasteiger partial charge in [0, 0.05) is 13.0 Å². The Morgan fingerprint density at radius 3 is 2.82 bits per heavy atom. The molecule has 4 nitrogen and oxygen atoms in total. The molecule has 0 unspecified atom stereocenters. The second-order valence-electron chi connectivity index (χ2n) is 7.02. The molecule has 0 aliphatic carbocycles. The zero-order chi connectivity index (χ0) is 19.3. The molecule has 4 rings (SSSR count). The van der Waals surface area contributed by atoms with Gasteiger partial charge in [0.15, 0.2) is 0 Å². The van der Waals surface area contributed by atoms with Gasteiger partial charge in [-0.3, -0.25) is 4.79 Å². The van der Waals surface area contributed by atoms with E-state index in [1.807, 2.05) is 23.1 Å². The molecule has 1 amide bonds. The molecule has 3 aromatic rings. The summed E-state index contributed by atoms with van der Waals surface area (Å²) in [7, 11) is 0. The Hall–Kier alpha value is -2.47. The second kappa shape index (κ2) is 8.69. The molecule has 0 N–H and O–H groups in total. The zero-order valence-corrected chi connectivity index (χ0v) is 16.5. The minimum atomic E-state index is -0.284. The summed E-state index contributed by atoms with van der Waals surface area (Å²) in [5.74, 6) is 0.499. The number of benzene rings is 2. The number of amides is 1. The van der Waals surface area contributed by atoms with Crippen LogP contribution in [0.3, 0.4) is 0 Å². The second-order valence-corrected chi connectivity index (χ2v) is 8.09. The number of carbonyl (C=O) groups excluding carboxylic acids is 1. The highest BCUT2D eigenvalue weighted by Gasteiger charge is 2.29. The Morgan fingerprint density at radius 1 is 1.18 bits per heavy atom. The molecule has 0 radical (unpaired) electrons. The number of rotatable bonds is 6. The molecule has 2 aromatic carbocycles. The smallest absolute Gasteiger partial charge is 0.223 e. The van der Waals surface area contributed by atoms with Crippen LogP contribution in [0.4, 0.5) is 4.39 Å². The molecule has 0 spiro atoms. The third-order valence-corrected chi connectivity index (χ3v) is 6.17. The zero-order valence-electron chi connectivity index (χ0n) is 15.6. The maximum absolute atomic E-state index is 12.9. The van der Waals surface area contributed by atoms with Crippen molar-refractivity contribution in [3.05, 3.63) is 59.4 Å². The summed E-state index contributed by atoms with van der Waals surface area (Å²) in [6.45, 7) is 1.23. The lowest BCUT2D eigenvalue weighted by Crippen LogP contribution is -2.38. The molecule has 28 heavy (non-hydrogen) atoms. The molecule has 1 aliphatic heterocycles. The van der Waals surface area contributed by atoms with Crippen LogP contribution in [-0.2, 0) is 4.79 Å². The standard InChI is InChI=1S/C22H23FN2O2S/c23-16-10-12-17(13-11-16)27-15-5-9-21(26)25-14-4-3-7-19(25)22-24-18-6-1-2-8-20(18)28-22/h1-2,6,8,10-13,19H,3-5,7,9,14-15H2/t19-/m1/s1. The number of halogens is 1. The van der Waals surface area contributed by atoms with E-state index in [0.717, 1.165) is 36.3 Å². The first kappa shape index (κ1) is 18.9. The summed E-state index contributed by atoms with van der Waals surface area (Å²) in [6.07, 6.45) is 4.22. The van der Waals surface area contributed by atoms with Crippen molar-refractivity contribution >= 4 is 27.5 Å². The summed E-state index contributed by atoms with van der Waals surface area (Å²) < 4.78 is 19.7. The fraction of sp³-hybridized carbons (Fsp3) is 0.364. The average Bonchev–Trinajstić information content (AvgIpc) is 3.16. The van der Waals surface area contributed by atoms with Gasteiger partial charge < -0.3 is 9.64 Å². The normalized spacial score (nSPS) is 17.0. The number of para-hydroxylation sites is 1. The molecule has 1 atom stereocenters. The van der Waals surface area contributed by atoms with E-state index in [4.69, 9.17) is 9.72 Å². The van der Waals surface area contributed by atoms with E-state index in [0.29, 0.717) is 25.2 Å². The molecule has 0 saturated carbocycles.